The monoisotopic (exact) mass is 400 g/mol. The normalized spacial score (nSPS) is 11.9. The minimum atomic E-state index is -1.18. The first kappa shape index (κ1) is 18.9. The van der Waals surface area contributed by atoms with Crippen LogP contribution < -0.4 is 5.32 Å². The van der Waals surface area contributed by atoms with Crippen LogP contribution in [0.5, 0.6) is 0 Å². The molecule has 7 heteroatoms. The van der Waals surface area contributed by atoms with Gasteiger partial charge in [-0.25, -0.2) is 0 Å². The van der Waals surface area contributed by atoms with Gasteiger partial charge < -0.3 is 5.32 Å². The summed E-state index contributed by atoms with van der Waals surface area (Å²) in [7, 11) is 0. The molecule has 1 atom stereocenters. The average molecular weight is 402 g/mol. The summed E-state index contributed by atoms with van der Waals surface area (Å²) in [5, 5.41) is 13.1. The molecule has 0 bridgehead atoms. The Labute approximate surface area is 160 Å². The Morgan fingerprint density at radius 1 is 1.17 bits per heavy atom. The van der Waals surface area contributed by atoms with E-state index >= 15 is 0 Å². The molecule has 2 aromatic rings. The Kier molecular flexibility index (Phi) is 6.37. The zero-order valence-corrected chi connectivity index (χ0v) is 15.5. The molecule has 124 valence electrons. The molecule has 1 N–H and O–H groups in total. The molecular weight excluding hydrogens is 390 g/mol. The van der Waals surface area contributed by atoms with Gasteiger partial charge in [-0.2, -0.15) is 5.26 Å². The Morgan fingerprint density at radius 2 is 1.79 bits per heavy atom. The maximum absolute atomic E-state index is 11.6. The van der Waals surface area contributed by atoms with Gasteiger partial charge >= 0.3 is 0 Å². The fourth-order valence-corrected chi connectivity index (χ4v) is 2.73. The first-order valence-electron chi connectivity index (χ1n) is 6.87. The van der Waals surface area contributed by atoms with E-state index in [-0.39, 0.29) is 0 Å². The summed E-state index contributed by atoms with van der Waals surface area (Å²) < 4.78 is 0. The third-order valence-electron chi connectivity index (χ3n) is 3.44. The van der Waals surface area contributed by atoms with Crippen molar-refractivity contribution in [3.8, 4) is 6.07 Å². The van der Waals surface area contributed by atoms with Crippen molar-refractivity contribution in [3.05, 3.63) is 63.1 Å². The maximum Gasteiger partial charge on any atom is 0.257 e. The van der Waals surface area contributed by atoms with Gasteiger partial charge in [0.15, 0.2) is 4.84 Å². The third-order valence-corrected chi connectivity index (χ3v) is 4.42. The van der Waals surface area contributed by atoms with Crippen molar-refractivity contribution in [2.24, 2.45) is 0 Å². The van der Waals surface area contributed by atoms with Gasteiger partial charge in [0, 0.05) is 15.7 Å². The Bertz CT molecular complexity index is 797. The summed E-state index contributed by atoms with van der Waals surface area (Å²) >= 11 is 23.3. The molecular formula is C17H12Cl4N2O. The van der Waals surface area contributed by atoms with Crippen molar-refractivity contribution < 1.29 is 4.79 Å². The number of anilines is 1. The van der Waals surface area contributed by atoms with E-state index in [4.69, 9.17) is 46.4 Å². The number of aryl methyl sites for hydroxylation is 1. The van der Waals surface area contributed by atoms with E-state index in [0.29, 0.717) is 21.3 Å². The van der Waals surface area contributed by atoms with Crippen molar-refractivity contribution in [1.82, 2.24) is 0 Å². The Morgan fingerprint density at radius 3 is 2.33 bits per heavy atom. The summed E-state index contributed by atoms with van der Waals surface area (Å²) in [4.78, 5) is 10.4. The van der Waals surface area contributed by atoms with Gasteiger partial charge in [0.25, 0.3) is 5.91 Å². The van der Waals surface area contributed by atoms with E-state index in [0.717, 1.165) is 11.1 Å². The topological polar surface area (TPSA) is 52.9 Å². The van der Waals surface area contributed by atoms with Crippen molar-refractivity contribution in [1.29, 1.82) is 5.26 Å². The molecule has 2 rings (SSSR count). The van der Waals surface area contributed by atoms with E-state index in [1.807, 2.05) is 0 Å². The van der Waals surface area contributed by atoms with Gasteiger partial charge in [-0.1, -0.05) is 64.6 Å². The molecule has 0 aromatic heterocycles. The zero-order valence-electron chi connectivity index (χ0n) is 12.5. The number of nitrogens with zero attached hydrogens (tertiary/aromatic N) is 1. The van der Waals surface area contributed by atoms with Gasteiger partial charge in [0.2, 0.25) is 0 Å². The maximum atomic E-state index is 11.6. The predicted molar refractivity (Wildman–Crippen MR) is 99.2 cm³/mol. The molecule has 0 heterocycles. The molecule has 0 spiro atoms. The number of carbonyl (C=O) groups excluding carboxylic acids is 1. The average Bonchev–Trinajstić information content (AvgIpc) is 2.54. The lowest BCUT2D eigenvalue weighted by molar-refractivity contribution is -0.114. The van der Waals surface area contributed by atoms with Gasteiger partial charge in [-0.3, -0.25) is 4.79 Å². The van der Waals surface area contributed by atoms with E-state index in [9.17, 15) is 10.1 Å². The van der Waals surface area contributed by atoms with Crippen LogP contribution in [0.3, 0.4) is 0 Å². The van der Waals surface area contributed by atoms with Crippen molar-refractivity contribution in [2.75, 3.05) is 5.32 Å². The molecule has 0 saturated carbocycles. The number of amides is 1. The van der Waals surface area contributed by atoms with Gasteiger partial charge in [0.1, 0.15) is 0 Å². The number of alkyl halides is 2. The fourth-order valence-electron chi connectivity index (χ4n) is 2.23. The first-order valence-corrected chi connectivity index (χ1v) is 8.50. The summed E-state index contributed by atoms with van der Waals surface area (Å²) in [6, 6.07) is 12.6. The molecule has 0 unspecified atom stereocenters. The lowest BCUT2D eigenvalue weighted by Gasteiger charge is -2.16. The van der Waals surface area contributed by atoms with Crippen molar-refractivity contribution >= 4 is 58.0 Å². The number of hydrogen-bond donors (Lipinski definition) is 1. The van der Waals surface area contributed by atoms with E-state index in [1.165, 1.54) is 0 Å². The first-order chi connectivity index (χ1) is 11.3. The molecule has 3 nitrogen and oxygen atoms in total. The van der Waals surface area contributed by atoms with E-state index in [2.05, 4.69) is 11.4 Å². The molecule has 0 fully saturated rings. The molecule has 2 aromatic carbocycles. The van der Waals surface area contributed by atoms with Crippen LogP contribution in [0.15, 0.2) is 36.4 Å². The van der Waals surface area contributed by atoms with Crippen molar-refractivity contribution in [2.45, 2.75) is 17.7 Å². The molecule has 0 aliphatic carbocycles. The predicted octanol–water partition coefficient (Wildman–Crippen LogP) is 5.70. The number of rotatable bonds is 4. The number of halogens is 4. The van der Waals surface area contributed by atoms with Crippen LogP contribution in [0, 0.1) is 18.3 Å². The highest BCUT2D eigenvalue weighted by atomic mass is 35.5. The second kappa shape index (κ2) is 8.09. The van der Waals surface area contributed by atoms with Gasteiger partial charge in [-0.05, 0) is 41.8 Å². The van der Waals surface area contributed by atoms with Gasteiger partial charge in [-0.15, -0.1) is 0 Å². The smallest absolute Gasteiger partial charge is 0.257 e. The van der Waals surface area contributed by atoms with E-state index < -0.39 is 16.7 Å². The second-order valence-electron chi connectivity index (χ2n) is 5.09. The number of nitriles is 1. The number of hydrogen-bond acceptors (Lipinski definition) is 2. The number of benzene rings is 2. The van der Waals surface area contributed by atoms with Crippen LogP contribution in [-0.2, 0) is 4.79 Å². The minimum Gasteiger partial charge on any atom is -0.323 e. The second-order valence-corrected chi connectivity index (χ2v) is 7.03. The van der Waals surface area contributed by atoms with E-state index in [1.54, 1.807) is 43.3 Å². The highest BCUT2D eigenvalue weighted by Crippen LogP contribution is 2.34. The summed E-state index contributed by atoms with van der Waals surface area (Å²) in [6.07, 6.45) is 0. The fraction of sp³-hybridized carbons (Fsp3) is 0.176. The number of nitrogens with one attached hydrogen (secondary N) is 1. The van der Waals surface area contributed by atoms with Crippen molar-refractivity contribution in [3.63, 3.8) is 0 Å². The van der Waals surface area contributed by atoms with Crippen LogP contribution in [0.4, 0.5) is 5.69 Å². The van der Waals surface area contributed by atoms with Crippen LogP contribution in [0.2, 0.25) is 10.0 Å². The molecule has 0 aliphatic rings. The molecule has 0 radical (unpaired) electrons. The lowest BCUT2D eigenvalue weighted by Crippen LogP contribution is -2.19. The molecule has 0 saturated heterocycles. The highest BCUT2D eigenvalue weighted by Gasteiger charge is 2.20. The minimum absolute atomic E-state index is 0.359. The summed E-state index contributed by atoms with van der Waals surface area (Å²) in [6.45, 7) is 1.79. The zero-order chi connectivity index (χ0) is 17.9. The highest BCUT2D eigenvalue weighted by molar-refractivity contribution is 6.54. The Hall–Kier alpha value is -1.44. The molecule has 1 amide bonds. The van der Waals surface area contributed by atoms with Crippen LogP contribution >= 0.6 is 46.4 Å². The van der Waals surface area contributed by atoms with Crippen LogP contribution in [0.1, 0.15) is 22.6 Å². The third kappa shape index (κ3) is 4.34. The van der Waals surface area contributed by atoms with Crippen LogP contribution in [-0.4, -0.2) is 10.7 Å². The van der Waals surface area contributed by atoms with Gasteiger partial charge in [0.05, 0.1) is 12.0 Å². The summed E-state index contributed by atoms with van der Waals surface area (Å²) in [5.41, 5.74) is 2.66. The number of carbonyl (C=O) groups is 1. The Balaban J connectivity index is 2.40. The lowest BCUT2D eigenvalue weighted by atomic mass is 9.91. The van der Waals surface area contributed by atoms with Crippen LogP contribution in [0.25, 0.3) is 0 Å². The summed E-state index contributed by atoms with van der Waals surface area (Å²) in [5.74, 6) is -1.09. The molecule has 24 heavy (non-hydrogen) atoms. The largest absolute Gasteiger partial charge is 0.323 e. The SMILES string of the molecule is Cc1cc([C@H](C#N)c2ccc(Cl)cc2)c(Cl)cc1NC(=O)C(Cl)Cl. The standard InChI is InChI=1S/C17H12Cl4N2O/c1-9-6-12(13(8-22)10-2-4-11(18)5-3-10)14(19)7-15(9)23-17(24)16(20)21/h2-7,13,16H,1H3,(H,23,24)/t13-/m1/s1. The molecule has 0 aliphatic heterocycles. The quantitative estimate of drug-likeness (QED) is 0.668.